The van der Waals surface area contributed by atoms with Crippen molar-refractivity contribution >= 4 is 5.91 Å². The van der Waals surface area contributed by atoms with Crippen molar-refractivity contribution in [2.75, 3.05) is 13.1 Å². The lowest BCUT2D eigenvalue weighted by Crippen LogP contribution is -2.25. The van der Waals surface area contributed by atoms with Crippen LogP contribution in [0.15, 0.2) is 18.2 Å². The molecular weight excluding hydrogens is 236 g/mol. The van der Waals surface area contributed by atoms with Crippen LogP contribution >= 0.6 is 0 Å². The van der Waals surface area contributed by atoms with Crippen molar-refractivity contribution < 1.29 is 4.79 Å². The Kier molecular flexibility index (Phi) is 6.70. The number of benzene rings is 1. The molecule has 1 aromatic rings. The fraction of sp³-hybridized carbons (Fsp3) is 0.438. The van der Waals surface area contributed by atoms with E-state index in [1.807, 2.05) is 25.1 Å². The summed E-state index contributed by atoms with van der Waals surface area (Å²) in [4.78, 5) is 12.1. The third-order valence-electron chi connectivity index (χ3n) is 2.81. The lowest BCUT2D eigenvalue weighted by atomic mass is 10.0. The molecule has 0 aliphatic carbocycles. The van der Waals surface area contributed by atoms with Crippen molar-refractivity contribution in [3.05, 3.63) is 34.9 Å². The highest BCUT2D eigenvalue weighted by atomic mass is 16.1. The Morgan fingerprint density at radius 3 is 2.84 bits per heavy atom. The maximum Gasteiger partial charge on any atom is 0.252 e. The van der Waals surface area contributed by atoms with Crippen molar-refractivity contribution in [2.45, 2.75) is 33.1 Å². The molecule has 0 bridgehead atoms. The molecule has 0 aliphatic rings. The fourth-order valence-corrected chi connectivity index (χ4v) is 1.78. The van der Waals surface area contributed by atoms with Gasteiger partial charge in [-0.15, -0.1) is 0 Å². The summed E-state index contributed by atoms with van der Waals surface area (Å²) in [5.41, 5.74) is 7.84. The van der Waals surface area contributed by atoms with E-state index in [9.17, 15) is 4.79 Å². The second-order valence-corrected chi connectivity index (χ2v) is 4.52. The summed E-state index contributed by atoms with van der Waals surface area (Å²) in [5, 5.41) is 2.93. The number of carbonyl (C=O) groups excluding carboxylic acids is 1. The maximum atomic E-state index is 12.1. The Balaban J connectivity index is 2.78. The van der Waals surface area contributed by atoms with Gasteiger partial charge in [-0.05, 0) is 31.0 Å². The van der Waals surface area contributed by atoms with E-state index in [-0.39, 0.29) is 5.91 Å². The van der Waals surface area contributed by atoms with Gasteiger partial charge < -0.3 is 11.1 Å². The SMILES string of the molecule is CCCCCNC(=O)c1ccc(C)cc1C#CCN. The van der Waals surface area contributed by atoms with Gasteiger partial charge in [0.05, 0.1) is 12.1 Å². The maximum absolute atomic E-state index is 12.1. The number of nitrogens with two attached hydrogens (primary N) is 1. The molecule has 1 amide bonds. The topological polar surface area (TPSA) is 55.1 Å². The van der Waals surface area contributed by atoms with Crippen LogP contribution in [0.3, 0.4) is 0 Å². The van der Waals surface area contributed by atoms with Gasteiger partial charge in [0.2, 0.25) is 0 Å². The van der Waals surface area contributed by atoms with Crippen molar-refractivity contribution in [1.29, 1.82) is 0 Å². The zero-order valence-electron chi connectivity index (χ0n) is 11.8. The molecule has 0 fully saturated rings. The van der Waals surface area contributed by atoms with E-state index >= 15 is 0 Å². The summed E-state index contributed by atoms with van der Waals surface area (Å²) >= 11 is 0. The molecule has 0 aromatic heterocycles. The Labute approximate surface area is 115 Å². The Hall–Kier alpha value is -1.79. The molecule has 1 rings (SSSR count). The van der Waals surface area contributed by atoms with E-state index in [4.69, 9.17) is 5.73 Å². The molecule has 3 heteroatoms. The number of hydrogen-bond donors (Lipinski definition) is 2. The smallest absolute Gasteiger partial charge is 0.252 e. The van der Waals surface area contributed by atoms with Crippen molar-refractivity contribution in [3.63, 3.8) is 0 Å². The van der Waals surface area contributed by atoms with Crippen LogP contribution in [0.1, 0.15) is 47.7 Å². The summed E-state index contributed by atoms with van der Waals surface area (Å²) in [6, 6.07) is 5.67. The van der Waals surface area contributed by atoms with Crippen molar-refractivity contribution in [1.82, 2.24) is 5.32 Å². The van der Waals surface area contributed by atoms with E-state index in [1.165, 1.54) is 0 Å². The van der Waals surface area contributed by atoms with Gasteiger partial charge in [-0.3, -0.25) is 4.79 Å². The predicted molar refractivity (Wildman–Crippen MR) is 79.0 cm³/mol. The molecule has 1 aromatic carbocycles. The Bertz CT molecular complexity index is 483. The van der Waals surface area contributed by atoms with E-state index in [0.717, 1.165) is 30.4 Å². The van der Waals surface area contributed by atoms with Crippen LogP contribution in [0.5, 0.6) is 0 Å². The molecule has 0 unspecified atom stereocenters. The molecule has 0 heterocycles. The average molecular weight is 258 g/mol. The Morgan fingerprint density at radius 1 is 1.37 bits per heavy atom. The van der Waals surface area contributed by atoms with Crippen molar-refractivity contribution in [2.24, 2.45) is 5.73 Å². The second-order valence-electron chi connectivity index (χ2n) is 4.52. The third-order valence-corrected chi connectivity index (χ3v) is 2.81. The fourth-order valence-electron chi connectivity index (χ4n) is 1.78. The third kappa shape index (κ3) is 5.15. The van der Waals surface area contributed by atoms with E-state index < -0.39 is 0 Å². The summed E-state index contributed by atoms with van der Waals surface area (Å²) < 4.78 is 0. The molecule has 3 nitrogen and oxygen atoms in total. The van der Waals surface area contributed by atoms with Gasteiger partial charge in [0, 0.05) is 12.1 Å². The largest absolute Gasteiger partial charge is 0.352 e. The van der Waals surface area contributed by atoms with Gasteiger partial charge in [-0.2, -0.15) is 0 Å². The number of rotatable bonds is 5. The van der Waals surface area contributed by atoms with Crippen LogP contribution in [-0.2, 0) is 0 Å². The molecule has 102 valence electrons. The van der Waals surface area contributed by atoms with Crippen LogP contribution < -0.4 is 11.1 Å². The van der Waals surface area contributed by atoms with Crippen LogP contribution in [-0.4, -0.2) is 19.0 Å². The lowest BCUT2D eigenvalue weighted by molar-refractivity contribution is 0.0952. The quantitative estimate of drug-likeness (QED) is 0.628. The lowest BCUT2D eigenvalue weighted by Gasteiger charge is -2.07. The summed E-state index contributed by atoms with van der Waals surface area (Å²) in [6.07, 6.45) is 3.29. The minimum Gasteiger partial charge on any atom is -0.352 e. The molecule has 0 radical (unpaired) electrons. The van der Waals surface area contributed by atoms with Crippen LogP contribution in [0.2, 0.25) is 0 Å². The molecule has 0 atom stereocenters. The van der Waals surface area contributed by atoms with E-state index in [2.05, 4.69) is 24.1 Å². The van der Waals surface area contributed by atoms with Gasteiger partial charge in [0.25, 0.3) is 5.91 Å². The number of aryl methyl sites for hydroxylation is 1. The predicted octanol–water partition coefficient (Wildman–Crippen LogP) is 2.23. The summed E-state index contributed by atoms with van der Waals surface area (Å²) in [6.45, 7) is 5.13. The minimum atomic E-state index is -0.0579. The molecule has 0 saturated heterocycles. The number of amides is 1. The molecule has 0 saturated carbocycles. The minimum absolute atomic E-state index is 0.0579. The zero-order valence-corrected chi connectivity index (χ0v) is 11.8. The molecule has 0 aliphatic heterocycles. The number of hydrogen-bond acceptors (Lipinski definition) is 2. The monoisotopic (exact) mass is 258 g/mol. The van der Waals surface area contributed by atoms with Gasteiger partial charge in [-0.25, -0.2) is 0 Å². The first kappa shape index (κ1) is 15.3. The van der Waals surface area contributed by atoms with E-state index in [1.54, 1.807) is 0 Å². The number of unbranched alkanes of at least 4 members (excludes halogenated alkanes) is 2. The number of nitrogens with one attached hydrogen (secondary N) is 1. The summed E-state index contributed by atoms with van der Waals surface area (Å²) in [5.74, 6) is 5.70. The van der Waals surface area contributed by atoms with Crippen LogP contribution in [0.25, 0.3) is 0 Å². The second kappa shape index (κ2) is 8.34. The van der Waals surface area contributed by atoms with Gasteiger partial charge in [0.1, 0.15) is 0 Å². The Morgan fingerprint density at radius 2 is 2.16 bits per heavy atom. The normalized spacial score (nSPS) is 9.63. The van der Waals surface area contributed by atoms with Crippen LogP contribution in [0, 0.1) is 18.8 Å². The van der Waals surface area contributed by atoms with Crippen LogP contribution in [0.4, 0.5) is 0 Å². The zero-order chi connectivity index (χ0) is 14.1. The first-order chi connectivity index (χ1) is 9.19. The number of carbonyl (C=O) groups is 1. The molecule has 3 N–H and O–H groups in total. The first-order valence-corrected chi connectivity index (χ1v) is 6.76. The standard InChI is InChI=1S/C16H22N2O/c1-3-4-5-11-18-16(19)15-9-8-13(2)12-14(15)7-6-10-17/h8-9,12H,3-5,10-11,17H2,1-2H3,(H,18,19). The van der Waals surface area contributed by atoms with Crippen molar-refractivity contribution in [3.8, 4) is 11.8 Å². The molecular formula is C16H22N2O. The highest BCUT2D eigenvalue weighted by Gasteiger charge is 2.09. The molecule has 19 heavy (non-hydrogen) atoms. The molecule has 0 spiro atoms. The van der Waals surface area contributed by atoms with Gasteiger partial charge in [0.15, 0.2) is 0 Å². The summed E-state index contributed by atoms with van der Waals surface area (Å²) in [7, 11) is 0. The van der Waals surface area contributed by atoms with Gasteiger partial charge in [-0.1, -0.05) is 37.7 Å². The average Bonchev–Trinajstić information content (AvgIpc) is 2.41. The highest BCUT2D eigenvalue weighted by molar-refractivity contribution is 5.96. The first-order valence-electron chi connectivity index (χ1n) is 6.76. The highest BCUT2D eigenvalue weighted by Crippen LogP contribution is 2.10. The van der Waals surface area contributed by atoms with E-state index in [0.29, 0.717) is 18.7 Å². The van der Waals surface area contributed by atoms with Gasteiger partial charge >= 0.3 is 0 Å².